The number of sulfonamides is 2. The zero-order valence-electron chi connectivity index (χ0n) is 40.5. The quantitative estimate of drug-likeness (QED) is 0.0794. The maximum atomic E-state index is 13.2. The van der Waals surface area contributed by atoms with E-state index < -0.39 is 31.9 Å². The van der Waals surface area contributed by atoms with Crippen molar-refractivity contribution in [3.8, 4) is 34.0 Å². The van der Waals surface area contributed by atoms with E-state index in [0.29, 0.717) is 44.1 Å². The number of carbonyl (C=O) groups excluding carboxylic acids is 2. The molecule has 24 heteroatoms. The van der Waals surface area contributed by atoms with Crippen LogP contribution >= 0.6 is 23.2 Å². The fourth-order valence-electron chi connectivity index (χ4n) is 7.55. The van der Waals surface area contributed by atoms with E-state index in [9.17, 15) is 36.0 Å². The number of ether oxygens (including phenoxy) is 2. The molecule has 4 N–H and O–H groups in total. The van der Waals surface area contributed by atoms with Crippen LogP contribution in [0.4, 0.5) is 11.4 Å². The van der Waals surface area contributed by atoms with E-state index in [-0.39, 0.29) is 79.0 Å². The maximum absolute atomic E-state index is 13.2. The second-order valence-corrected chi connectivity index (χ2v) is 20.8. The first-order valence-corrected chi connectivity index (χ1v) is 26.0. The predicted molar refractivity (Wildman–Crippen MR) is 283 cm³/mol. The number of aromatic nitrogens is 6. The molecule has 0 radical (unpaired) electrons. The number of carbonyl (C=O) groups is 2. The Balaban J connectivity index is 0.000000216. The van der Waals surface area contributed by atoms with Crippen molar-refractivity contribution in [3.05, 3.63) is 153 Å². The number of pyridine rings is 2. The number of nitrogens with zero attached hydrogens (tertiary/aromatic N) is 6. The van der Waals surface area contributed by atoms with Crippen LogP contribution in [0, 0.1) is 11.8 Å². The van der Waals surface area contributed by atoms with E-state index in [4.69, 9.17) is 32.7 Å². The molecular formula is C50H48Cl2N10O10S2. The van der Waals surface area contributed by atoms with Gasteiger partial charge in [0.2, 0.25) is 23.6 Å². The second kappa shape index (κ2) is 22.9. The summed E-state index contributed by atoms with van der Waals surface area (Å²) in [5.74, 6) is -1.07. The molecule has 4 aromatic carbocycles. The molecule has 0 saturated heterocycles. The normalized spacial score (nSPS) is 12.2. The van der Waals surface area contributed by atoms with Crippen LogP contribution in [0.3, 0.4) is 0 Å². The van der Waals surface area contributed by atoms with Crippen molar-refractivity contribution >= 4 is 88.2 Å². The summed E-state index contributed by atoms with van der Waals surface area (Å²) in [6, 6.07) is 25.1. The van der Waals surface area contributed by atoms with E-state index in [0.717, 1.165) is 0 Å². The summed E-state index contributed by atoms with van der Waals surface area (Å²) in [7, 11) is -2.13. The highest BCUT2D eigenvalue weighted by atomic mass is 35.5. The summed E-state index contributed by atoms with van der Waals surface area (Å²) < 4.78 is 70.1. The van der Waals surface area contributed by atoms with Crippen LogP contribution in [-0.4, -0.2) is 86.0 Å². The molecule has 4 heterocycles. The number of anilines is 2. The highest BCUT2D eigenvalue weighted by Crippen LogP contribution is 2.33. The Kier molecular flexibility index (Phi) is 16.7. The third-order valence-electron chi connectivity index (χ3n) is 11.4. The molecule has 2 atom stereocenters. The van der Waals surface area contributed by atoms with Crippen molar-refractivity contribution in [3.63, 3.8) is 0 Å². The summed E-state index contributed by atoms with van der Waals surface area (Å²) in [6.45, 7) is 3.79. The largest absolute Gasteiger partial charge is 0.480 e. The van der Waals surface area contributed by atoms with Crippen molar-refractivity contribution in [2.45, 2.75) is 36.7 Å². The molecule has 8 rings (SSSR count). The molecule has 0 spiro atoms. The first-order chi connectivity index (χ1) is 35.2. The molecule has 0 fully saturated rings. The van der Waals surface area contributed by atoms with Gasteiger partial charge in [0, 0.05) is 60.8 Å². The zero-order valence-corrected chi connectivity index (χ0v) is 43.6. The van der Waals surface area contributed by atoms with Crippen molar-refractivity contribution in [2.75, 3.05) is 37.8 Å². The lowest BCUT2D eigenvalue weighted by Crippen LogP contribution is -2.32. The predicted octanol–water partition coefficient (Wildman–Crippen LogP) is 6.61. The number of nitrogens with one attached hydrogen (secondary N) is 4. The van der Waals surface area contributed by atoms with Gasteiger partial charge in [-0.2, -0.15) is 0 Å². The van der Waals surface area contributed by atoms with Gasteiger partial charge in [0.1, 0.15) is 11.4 Å². The second-order valence-electron chi connectivity index (χ2n) is 16.6. The third kappa shape index (κ3) is 12.3. The molecular weight excluding hydrogens is 1040 g/mol. The molecule has 4 aromatic heterocycles. The minimum atomic E-state index is -3.99. The standard InChI is InChI=1S/2C25H24ClN5O5S/c2*1-15(23(32)27-2)13-31-14-29-21-8-7-16(9-20(21)25(31)33)17-10-22(24(36-3)28-12-17)30-37(34,35)19-6-4-5-18(26)11-19/h2*4-12,14-15,30H,13H2,1-3H3,(H,27,32)/t2*15-/m10/s1. The lowest BCUT2D eigenvalue weighted by Gasteiger charge is -2.14. The molecule has 74 heavy (non-hydrogen) atoms. The Morgan fingerprint density at radius 2 is 0.959 bits per heavy atom. The lowest BCUT2D eigenvalue weighted by molar-refractivity contribution is -0.125. The topological polar surface area (TPSA) is 265 Å². The summed E-state index contributed by atoms with van der Waals surface area (Å²) in [6.07, 6.45) is 5.86. The number of hydrogen-bond donors (Lipinski definition) is 4. The van der Waals surface area contributed by atoms with Crippen molar-refractivity contribution in [1.82, 2.24) is 39.7 Å². The molecule has 0 aliphatic rings. The number of hydrogen-bond acceptors (Lipinski definition) is 14. The van der Waals surface area contributed by atoms with Crippen LogP contribution in [0.25, 0.3) is 44.1 Å². The third-order valence-corrected chi connectivity index (χ3v) is 14.6. The van der Waals surface area contributed by atoms with Gasteiger partial charge in [-0.1, -0.05) is 61.3 Å². The molecule has 2 amide bonds. The summed E-state index contributed by atoms with van der Waals surface area (Å²) in [5.41, 5.74) is 2.91. The van der Waals surface area contributed by atoms with Crippen molar-refractivity contribution in [2.24, 2.45) is 11.8 Å². The zero-order chi connectivity index (χ0) is 53.5. The first kappa shape index (κ1) is 53.9. The van der Waals surface area contributed by atoms with Crippen LogP contribution in [0.1, 0.15) is 13.8 Å². The van der Waals surface area contributed by atoms with E-state index in [1.54, 1.807) is 88.6 Å². The molecule has 8 aromatic rings. The fourth-order valence-corrected chi connectivity index (χ4v) is 10.3. The molecule has 0 bridgehead atoms. The first-order valence-electron chi connectivity index (χ1n) is 22.3. The Hall–Kier alpha value is -7.92. The lowest BCUT2D eigenvalue weighted by atomic mass is 10.0. The number of fused-ring (bicyclic) bond motifs is 2. The number of methoxy groups -OCH3 is 2. The van der Waals surface area contributed by atoms with E-state index >= 15 is 0 Å². The van der Waals surface area contributed by atoms with Crippen LogP contribution in [-0.2, 0) is 42.7 Å². The summed E-state index contributed by atoms with van der Waals surface area (Å²) in [4.78, 5) is 67.2. The Morgan fingerprint density at radius 3 is 1.31 bits per heavy atom. The van der Waals surface area contributed by atoms with Gasteiger partial charge < -0.3 is 20.1 Å². The van der Waals surface area contributed by atoms with Gasteiger partial charge in [0.25, 0.3) is 31.2 Å². The van der Waals surface area contributed by atoms with Crippen LogP contribution < -0.4 is 40.7 Å². The molecule has 384 valence electrons. The van der Waals surface area contributed by atoms with Crippen LogP contribution in [0.2, 0.25) is 10.0 Å². The van der Waals surface area contributed by atoms with Gasteiger partial charge >= 0.3 is 0 Å². The highest BCUT2D eigenvalue weighted by molar-refractivity contribution is 7.93. The molecule has 0 unspecified atom stereocenters. The van der Waals surface area contributed by atoms with Crippen molar-refractivity contribution in [1.29, 1.82) is 0 Å². The number of amides is 2. The van der Waals surface area contributed by atoms with Gasteiger partial charge in [-0.3, -0.25) is 37.8 Å². The van der Waals surface area contributed by atoms with E-state index in [2.05, 4.69) is 40.0 Å². The Labute approximate surface area is 434 Å². The maximum Gasteiger partial charge on any atom is 0.262 e. The smallest absolute Gasteiger partial charge is 0.262 e. The highest BCUT2D eigenvalue weighted by Gasteiger charge is 2.22. The van der Waals surface area contributed by atoms with E-state index in [1.807, 2.05) is 0 Å². The van der Waals surface area contributed by atoms with E-state index in [1.165, 1.54) is 84.8 Å². The Bertz CT molecular complexity index is 3560. The van der Waals surface area contributed by atoms with Crippen LogP contribution in [0.5, 0.6) is 11.8 Å². The molecule has 20 nitrogen and oxygen atoms in total. The minimum absolute atomic E-state index is 0.0178. The van der Waals surface area contributed by atoms with Crippen LogP contribution in [0.15, 0.2) is 141 Å². The van der Waals surface area contributed by atoms with Gasteiger partial charge in [-0.15, -0.1) is 0 Å². The molecule has 0 saturated carbocycles. The number of benzene rings is 4. The van der Waals surface area contributed by atoms with Gasteiger partial charge in [-0.05, 0) is 83.9 Å². The fraction of sp³-hybridized carbons (Fsp3) is 0.200. The summed E-state index contributed by atoms with van der Waals surface area (Å²) in [5, 5.41) is 6.39. The average molecular weight is 1080 g/mol. The minimum Gasteiger partial charge on any atom is -0.480 e. The van der Waals surface area contributed by atoms with Crippen molar-refractivity contribution < 1.29 is 35.9 Å². The Morgan fingerprint density at radius 1 is 0.568 bits per heavy atom. The number of rotatable bonds is 16. The number of halogens is 2. The molecule has 0 aliphatic carbocycles. The van der Waals surface area contributed by atoms with Gasteiger partial charge in [0.15, 0.2) is 0 Å². The SMILES string of the molecule is CNC(=O)[C@@H](C)Cn1cnc2ccc(-c3cnc(OC)c(NS(=O)(=O)c4cccc(Cl)c4)c3)cc2c1=O.CNC(=O)[C@H](C)Cn1cnc2ccc(-c3cnc(OC)c(NS(=O)(=O)c4cccc(Cl)c4)c3)cc2c1=O. The average Bonchev–Trinajstić information content (AvgIpc) is 3.39. The van der Waals surface area contributed by atoms with Gasteiger partial charge in [-0.25, -0.2) is 36.8 Å². The molecule has 0 aliphatic heterocycles. The summed E-state index contributed by atoms with van der Waals surface area (Å²) >= 11 is 11.9. The monoisotopic (exact) mass is 1080 g/mol. The van der Waals surface area contributed by atoms with Gasteiger partial charge in [0.05, 0.1) is 70.3 Å².